The Morgan fingerprint density at radius 2 is 1.71 bits per heavy atom. The van der Waals surface area contributed by atoms with Crippen molar-refractivity contribution in [3.05, 3.63) is 41.7 Å². The first-order valence-corrected chi connectivity index (χ1v) is 11.5. The number of carbonyl (C=O) groups is 1. The van der Waals surface area contributed by atoms with Crippen molar-refractivity contribution in [1.82, 2.24) is 14.8 Å². The number of hydrogen-bond acceptors (Lipinski definition) is 4. The van der Waals surface area contributed by atoms with E-state index in [-0.39, 0.29) is 10.7 Å². The van der Waals surface area contributed by atoms with Crippen LogP contribution in [0.3, 0.4) is 0 Å². The molecule has 28 heavy (non-hydrogen) atoms. The van der Waals surface area contributed by atoms with Gasteiger partial charge in [0.05, 0.1) is 11.8 Å². The standard InChI is InChI=1S/C23H29N3OS/c1-15(21(27)23-11-18-8-19(12-23)10-20(9-18)13-23)28-22-25-24-16(2)26(22)14-17-6-4-3-5-7-17/h3-7,15,18-20H,8-14H2,1-2H3. The highest BCUT2D eigenvalue weighted by atomic mass is 32.2. The van der Waals surface area contributed by atoms with E-state index in [1.54, 1.807) is 11.8 Å². The Kier molecular flexibility index (Phi) is 4.61. The normalized spacial score (nSPS) is 31.9. The van der Waals surface area contributed by atoms with Crippen molar-refractivity contribution in [3.63, 3.8) is 0 Å². The van der Waals surface area contributed by atoms with Gasteiger partial charge in [0.2, 0.25) is 0 Å². The Balaban J connectivity index is 1.33. The number of Topliss-reactive ketones (excluding diaryl/α,β-unsaturated/α-hetero) is 1. The van der Waals surface area contributed by atoms with Crippen LogP contribution in [0.15, 0.2) is 35.5 Å². The van der Waals surface area contributed by atoms with Crippen LogP contribution in [0.1, 0.15) is 56.8 Å². The molecule has 0 aliphatic heterocycles. The quantitative estimate of drug-likeness (QED) is 0.653. The fourth-order valence-corrected chi connectivity index (χ4v) is 7.54. The van der Waals surface area contributed by atoms with E-state index in [9.17, 15) is 4.79 Å². The Hall–Kier alpha value is -1.62. The molecule has 4 fully saturated rings. The Morgan fingerprint density at radius 3 is 2.32 bits per heavy atom. The summed E-state index contributed by atoms with van der Waals surface area (Å²) in [6, 6.07) is 10.4. The van der Waals surface area contributed by atoms with E-state index in [1.807, 2.05) is 13.0 Å². The Labute approximate surface area is 171 Å². The van der Waals surface area contributed by atoms with Crippen LogP contribution in [0.25, 0.3) is 0 Å². The molecule has 1 aromatic heterocycles. The zero-order chi connectivity index (χ0) is 19.3. The van der Waals surface area contributed by atoms with Gasteiger partial charge in [-0.2, -0.15) is 0 Å². The predicted octanol–water partition coefficient (Wildman–Crippen LogP) is 4.90. The van der Waals surface area contributed by atoms with Gasteiger partial charge in [0.25, 0.3) is 0 Å². The molecule has 4 saturated carbocycles. The SMILES string of the molecule is Cc1nnc(SC(C)C(=O)C23CC4CC(CC(C4)C2)C3)n1Cc1ccccc1. The van der Waals surface area contributed by atoms with Crippen LogP contribution in [-0.2, 0) is 11.3 Å². The topological polar surface area (TPSA) is 47.8 Å². The maximum atomic E-state index is 13.6. The van der Waals surface area contributed by atoms with Crippen molar-refractivity contribution in [1.29, 1.82) is 0 Å². The number of benzene rings is 1. The number of carbonyl (C=O) groups excluding carboxylic acids is 1. The molecule has 4 bridgehead atoms. The van der Waals surface area contributed by atoms with Crippen molar-refractivity contribution in [2.24, 2.45) is 23.2 Å². The van der Waals surface area contributed by atoms with E-state index in [1.165, 1.54) is 24.8 Å². The summed E-state index contributed by atoms with van der Waals surface area (Å²) in [7, 11) is 0. The van der Waals surface area contributed by atoms with E-state index < -0.39 is 0 Å². The third kappa shape index (κ3) is 3.22. The second kappa shape index (κ2) is 7.01. The van der Waals surface area contributed by atoms with Crippen molar-refractivity contribution in [3.8, 4) is 0 Å². The van der Waals surface area contributed by atoms with E-state index in [0.29, 0.717) is 5.78 Å². The molecule has 0 amide bonds. The lowest BCUT2D eigenvalue weighted by Gasteiger charge is -2.56. The fraction of sp³-hybridized carbons (Fsp3) is 0.609. The zero-order valence-electron chi connectivity index (χ0n) is 16.8. The molecule has 4 aliphatic carbocycles. The summed E-state index contributed by atoms with van der Waals surface area (Å²) in [4.78, 5) is 13.6. The molecule has 1 aromatic carbocycles. The van der Waals surface area contributed by atoms with Gasteiger partial charge in [-0.05, 0) is 75.7 Å². The summed E-state index contributed by atoms with van der Waals surface area (Å²) in [5.74, 6) is 3.79. The van der Waals surface area contributed by atoms with Gasteiger partial charge in [0.15, 0.2) is 10.9 Å². The van der Waals surface area contributed by atoms with Crippen molar-refractivity contribution >= 4 is 17.5 Å². The van der Waals surface area contributed by atoms with Crippen LogP contribution in [0.2, 0.25) is 0 Å². The minimum Gasteiger partial charge on any atom is -0.302 e. The smallest absolute Gasteiger partial charge is 0.192 e. The molecular weight excluding hydrogens is 366 g/mol. The van der Waals surface area contributed by atoms with Gasteiger partial charge in [-0.15, -0.1) is 10.2 Å². The molecule has 4 aliphatic rings. The molecule has 4 nitrogen and oxygen atoms in total. The molecule has 0 radical (unpaired) electrons. The Morgan fingerprint density at radius 1 is 1.11 bits per heavy atom. The minimum atomic E-state index is -0.0608. The fourth-order valence-electron chi connectivity index (χ4n) is 6.45. The highest BCUT2D eigenvalue weighted by molar-refractivity contribution is 8.00. The summed E-state index contributed by atoms with van der Waals surface area (Å²) in [6.45, 7) is 4.83. The highest BCUT2D eigenvalue weighted by Crippen LogP contribution is 2.61. The summed E-state index contributed by atoms with van der Waals surface area (Å²) >= 11 is 1.61. The van der Waals surface area contributed by atoms with Gasteiger partial charge < -0.3 is 4.57 Å². The average Bonchev–Trinajstić information content (AvgIpc) is 3.00. The lowest BCUT2D eigenvalue weighted by atomic mass is 9.48. The number of ketones is 1. The molecule has 0 saturated heterocycles. The summed E-state index contributed by atoms with van der Waals surface area (Å²) in [5.41, 5.74) is 1.19. The number of rotatable bonds is 6. The minimum absolute atomic E-state index is 0.0412. The van der Waals surface area contributed by atoms with E-state index in [2.05, 4.69) is 46.0 Å². The summed E-state index contributed by atoms with van der Waals surface area (Å²) < 4.78 is 2.14. The van der Waals surface area contributed by atoms with Crippen LogP contribution >= 0.6 is 11.8 Å². The number of thioether (sulfide) groups is 1. The van der Waals surface area contributed by atoms with Crippen LogP contribution < -0.4 is 0 Å². The lowest BCUT2D eigenvalue weighted by molar-refractivity contribution is -0.142. The number of aromatic nitrogens is 3. The van der Waals surface area contributed by atoms with E-state index >= 15 is 0 Å². The van der Waals surface area contributed by atoms with Crippen LogP contribution in [0.5, 0.6) is 0 Å². The molecule has 5 heteroatoms. The van der Waals surface area contributed by atoms with E-state index in [0.717, 1.165) is 54.5 Å². The maximum Gasteiger partial charge on any atom is 0.192 e. The molecule has 2 aromatic rings. The average molecular weight is 396 g/mol. The van der Waals surface area contributed by atoms with Gasteiger partial charge in [-0.3, -0.25) is 4.79 Å². The molecule has 1 unspecified atom stereocenters. The van der Waals surface area contributed by atoms with Gasteiger partial charge in [0.1, 0.15) is 5.82 Å². The Bertz CT molecular complexity index is 840. The highest BCUT2D eigenvalue weighted by Gasteiger charge is 2.55. The number of aryl methyl sites for hydroxylation is 1. The van der Waals surface area contributed by atoms with Crippen LogP contribution in [-0.4, -0.2) is 25.8 Å². The summed E-state index contributed by atoms with van der Waals surface area (Å²) in [6.07, 6.45) is 7.53. The van der Waals surface area contributed by atoms with Crippen LogP contribution in [0.4, 0.5) is 0 Å². The third-order valence-electron chi connectivity index (χ3n) is 7.30. The molecule has 6 rings (SSSR count). The second-order valence-electron chi connectivity index (χ2n) is 9.42. The zero-order valence-corrected chi connectivity index (χ0v) is 17.6. The number of hydrogen-bond donors (Lipinski definition) is 0. The van der Waals surface area contributed by atoms with Gasteiger partial charge >= 0.3 is 0 Å². The first-order valence-electron chi connectivity index (χ1n) is 10.7. The molecule has 0 N–H and O–H groups in total. The lowest BCUT2D eigenvalue weighted by Crippen LogP contribution is -2.51. The third-order valence-corrected chi connectivity index (χ3v) is 8.38. The maximum absolute atomic E-state index is 13.6. The van der Waals surface area contributed by atoms with Gasteiger partial charge in [-0.1, -0.05) is 42.1 Å². The van der Waals surface area contributed by atoms with Crippen molar-refractivity contribution in [2.45, 2.75) is 69.3 Å². The largest absolute Gasteiger partial charge is 0.302 e. The molecule has 1 heterocycles. The van der Waals surface area contributed by atoms with Gasteiger partial charge in [-0.25, -0.2) is 0 Å². The van der Waals surface area contributed by atoms with Crippen LogP contribution in [0, 0.1) is 30.1 Å². The predicted molar refractivity (Wildman–Crippen MR) is 111 cm³/mol. The van der Waals surface area contributed by atoms with Gasteiger partial charge in [0, 0.05) is 5.41 Å². The molecule has 0 spiro atoms. The number of nitrogens with zero attached hydrogens (tertiary/aromatic N) is 3. The molecule has 148 valence electrons. The first-order chi connectivity index (χ1) is 13.5. The monoisotopic (exact) mass is 395 g/mol. The molecule has 1 atom stereocenters. The first kappa shape index (κ1) is 18.4. The molecular formula is C23H29N3OS. The van der Waals surface area contributed by atoms with E-state index in [4.69, 9.17) is 0 Å². The second-order valence-corrected chi connectivity index (χ2v) is 10.7. The van der Waals surface area contributed by atoms with Crippen molar-refractivity contribution < 1.29 is 4.79 Å². The van der Waals surface area contributed by atoms with Crippen molar-refractivity contribution in [2.75, 3.05) is 0 Å². The summed E-state index contributed by atoms with van der Waals surface area (Å²) in [5, 5.41) is 9.51.